The van der Waals surface area contributed by atoms with E-state index in [1.165, 1.54) is 0 Å². The molecule has 0 aliphatic heterocycles. The van der Waals surface area contributed by atoms with Crippen molar-refractivity contribution in [1.29, 1.82) is 0 Å². The first-order valence-electron chi connectivity index (χ1n) is 0.730. The van der Waals surface area contributed by atoms with Crippen molar-refractivity contribution >= 4 is 45.6 Å². The first kappa shape index (κ1) is 22.4. The van der Waals surface area contributed by atoms with Crippen molar-refractivity contribution < 1.29 is 61.1 Å². The molecule has 42 valence electrons. The molecule has 0 saturated heterocycles. The fourth-order valence-electron chi connectivity index (χ4n) is 0. The summed E-state index contributed by atoms with van der Waals surface area (Å²) in [5.74, 6) is 0. The van der Waals surface area contributed by atoms with Crippen molar-refractivity contribution in [2.75, 3.05) is 0 Å². The van der Waals surface area contributed by atoms with Gasteiger partial charge in [-0.05, 0) is 0 Å². The molecule has 0 rings (SSSR count). The Morgan fingerprint density at radius 1 is 1.12 bits per heavy atom. The van der Waals surface area contributed by atoms with Gasteiger partial charge in [-0.1, -0.05) is 0 Å². The molecule has 0 aromatic carbocycles. The van der Waals surface area contributed by atoms with E-state index in [1.807, 2.05) is 0 Å². The smallest absolute Gasteiger partial charge is 0.822 e. The van der Waals surface area contributed by atoms with E-state index < -0.39 is 7.82 Å². The van der Waals surface area contributed by atoms with Crippen LogP contribution in [0.5, 0.6) is 0 Å². The van der Waals surface area contributed by atoms with Crippen LogP contribution in [0.2, 0.25) is 0 Å². The van der Waals surface area contributed by atoms with Crippen LogP contribution in [0, 0.1) is 0 Å². The van der Waals surface area contributed by atoms with E-state index >= 15 is 0 Å². The zero-order valence-corrected chi connectivity index (χ0v) is 11.3. The second-order valence-corrected chi connectivity index (χ2v) is 1.34. The maximum atomic E-state index is 8.55. The summed E-state index contributed by atoms with van der Waals surface area (Å²) in [5, 5.41) is 0. The van der Waals surface area contributed by atoms with E-state index in [-0.39, 0.29) is 79.6 Å². The summed E-state index contributed by atoms with van der Waals surface area (Å²) in [6.07, 6.45) is 0. The third kappa shape index (κ3) is 69.9. The van der Waals surface area contributed by atoms with Gasteiger partial charge in [0.05, 0.1) is 0 Å². The van der Waals surface area contributed by atoms with E-state index in [1.54, 1.807) is 0 Å². The molecule has 0 amide bonds. The normalized spacial score (nSPS) is 7.38. The van der Waals surface area contributed by atoms with E-state index in [4.69, 9.17) is 19.2 Å². The maximum absolute atomic E-state index is 8.55. The van der Waals surface area contributed by atoms with Crippen LogP contribution in [0.1, 0.15) is 0 Å². The summed E-state index contributed by atoms with van der Waals surface area (Å²) in [4.78, 5) is 25.6. The Balaban J connectivity index is -0.0000000267. The molecule has 0 saturated carbocycles. The van der Waals surface area contributed by atoms with E-state index in [9.17, 15) is 0 Å². The van der Waals surface area contributed by atoms with Gasteiger partial charge in [-0.2, -0.15) is 7.82 Å². The third-order valence-corrected chi connectivity index (χ3v) is 0. The Morgan fingerprint density at radius 3 is 1.12 bits per heavy atom. The first-order chi connectivity index (χ1) is 2.00. The molecule has 0 bridgehead atoms. The molecule has 0 aromatic heterocycles. The van der Waals surface area contributed by atoms with Crippen molar-refractivity contribution in [1.82, 2.24) is 0 Å². The van der Waals surface area contributed by atoms with Gasteiger partial charge in [0.25, 0.3) is 0 Å². The third-order valence-electron chi connectivity index (χ3n) is 0. The number of hydrogen-bond acceptors (Lipinski definition) is 4. The maximum Gasteiger partial charge on any atom is 2.00 e. The van der Waals surface area contributed by atoms with E-state index in [0.29, 0.717) is 0 Å². The van der Waals surface area contributed by atoms with Crippen LogP contribution in [0.4, 0.5) is 0 Å². The van der Waals surface area contributed by atoms with Crippen molar-refractivity contribution in [2.45, 2.75) is 0 Å². The van der Waals surface area contributed by atoms with Crippen LogP contribution in [-0.2, 0) is 46.4 Å². The predicted octanol–water partition coefficient (Wildman–Crippen LogP) is -3.21. The molecule has 8 heavy (non-hydrogen) atoms. The number of rotatable bonds is 0. The molecule has 4 nitrogen and oxygen atoms in total. The zero-order chi connectivity index (χ0) is 4.50. The molecular weight excluding hydrogens is 308 g/mol. The summed E-state index contributed by atoms with van der Waals surface area (Å²) < 4.78 is 8.55. The fourth-order valence-corrected chi connectivity index (χ4v) is 0. The predicted molar refractivity (Wildman–Crippen MR) is 13.4 cm³/mol. The van der Waals surface area contributed by atoms with Crippen molar-refractivity contribution in [3.8, 4) is 0 Å². The van der Waals surface area contributed by atoms with Gasteiger partial charge in [0, 0.05) is 0 Å². The van der Waals surface area contributed by atoms with Gasteiger partial charge in [-0.25, -0.2) is 0 Å². The Morgan fingerprint density at radius 2 is 1.12 bits per heavy atom. The average molecular weight is 308 g/mol. The molecule has 0 atom stereocenters. The quantitative estimate of drug-likeness (QED) is 0.348. The molecule has 0 unspecified atom stereocenters. The molecule has 0 aromatic rings. The van der Waals surface area contributed by atoms with Crippen LogP contribution < -0.4 is 14.7 Å². The summed E-state index contributed by atoms with van der Waals surface area (Å²) >= 11 is 0. The van der Waals surface area contributed by atoms with Crippen LogP contribution in [0.15, 0.2) is 0 Å². The zero-order valence-electron chi connectivity index (χ0n) is 3.80. The summed E-state index contributed by atoms with van der Waals surface area (Å²) in [5.41, 5.74) is 0. The molecule has 0 heterocycles. The van der Waals surface area contributed by atoms with Gasteiger partial charge in [0.15, 0.2) is 0 Å². The molecule has 0 N–H and O–H groups in total. The van der Waals surface area contributed by atoms with Gasteiger partial charge in [0.2, 0.25) is 0 Å². The standard InChI is InChI=1S/Ag.Ca.H3O4P.Zn/c;;1-5(2,3)4;/h;;(H3,1,2,3,4);/q+1;+2;;+2/p-3. The topological polar surface area (TPSA) is 86.2 Å². The van der Waals surface area contributed by atoms with Crippen LogP contribution in [0.25, 0.3) is 0 Å². The molecule has 8 heteroatoms. The van der Waals surface area contributed by atoms with Gasteiger partial charge < -0.3 is 19.2 Å². The van der Waals surface area contributed by atoms with Crippen LogP contribution >= 0.6 is 7.82 Å². The summed E-state index contributed by atoms with van der Waals surface area (Å²) in [7, 11) is -5.39. The minimum Gasteiger partial charge on any atom is -0.822 e. The summed E-state index contributed by atoms with van der Waals surface area (Å²) in [6.45, 7) is 0. The molecule has 0 aliphatic carbocycles. The van der Waals surface area contributed by atoms with E-state index in [2.05, 4.69) is 0 Å². The Kier molecular flexibility index (Phi) is 27.3. The molecule has 0 fully saturated rings. The van der Waals surface area contributed by atoms with Crippen molar-refractivity contribution in [3.63, 3.8) is 0 Å². The second kappa shape index (κ2) is 9.73. The Hall–Kier alpha value is 2.73. The minimum absolute atomic E-state index is 0. The van der Waals surface area contributed by atoms with Gasteiger partial charge >= 0.3 is 79.6 Å². The number of hydrogen-bond donors (Lipinski definition) is 0. The average Bonchev–Trinajstić information content (AvgIpc) is 0.722. The monoisotopic (exact) mass is 306 g/mol. The fraction of sp³-hybridized carbons (Fsp3) is 0. The molecular formula is AgCaO4PZn+2. The van der Waals surface area contributed by atoms with E-state index in [0.717, 1.165) is 0 Å². The SMILES string of the molecule is O=P([O-])([O-])[O-].[Ag+].[Ca+2].[Zn+2]. The Bertz CT molecular complexity index is 62.2. The van der Waals surface area contributed by atoms with Crippen molar-refractivity contribution in [3.05, 3.63) is 0 Å². The summed E-state index contributed by atoms with van der Waals surface area (Å²) in [6, 6.07) is 0. The molecule has 0 aliphatic rings. The van der Waals surface area contributed by atoms with Gasteiger partial charge in [-0.15, -0.1) is 0 Å². The molecule has 0 radical (unpaired) electrons. The van der Waals surface area contributed by atoms with Gasteiger partial charge in [-0.3, -0.25) is 0 Å². The van der Waals surface area contributed by atoms with Gasteiger partial charge in [0.1, 0.15) is 0 Å². The van der Waals surface area contributed by atoms with Crippen molar-refractivity contribution in [2.24, 2.45) is 0 Å². The first-order valence-corrected chi connectivity index (χ1v) is 2.19. The van der Waals surface area contributed by atoms with Crippen LogP contribution in [0.3, 0.4) is 0 Å². The Labute approximate surface area is 105 Å². The largest absolute Gasteiger partial charge is 2.00 e. The minimum atomic E-state index is -5.39. The van der Waals surface area contributed by atoms with Crippen LogP contribution in [-0.4, -0.2) is 37.7 Å². The second-order valence-electron chi connectivity index (χ2n) is 0.447. The molecule has 0 spiro atoms. The number of phosphoric acid groups is 1.